The van der Waals surface area contributed by atoms with Gasteiger partial charge in [0.1, 0.15) is 11.9 Å². The topological polar surface area (TPSA) is 104 Å². The lowest BCUT2D eigenvalue weighted by molar-refractivity contribution is -0.158. The lowest BCUT2D eigenvalue weighted by Crippen LogP contribution is -2.61. The van der Waals surface area contributed by atoms with E-state index < -0.39 is 17.9 Å². The first-order chi connectivity index (χ1) is 24.1. The molecule has 5 rings (SSSR count). The van der Waals surface area contributed by atoms with Gasteiger partial charge in [-0.1, -0.05) is 102 Å². The normalized spacial score (nSPS) is 14.7. The van der Waals surface area contributed by atoms with Crippen molar-refractivity contribution in [2.75, 3.05) is 32.7 Å². The molecule has 0 aromatic heterocycles. The highest BCUT2D eigenvalue weighted by Crippen LogP contribution is 2.30. The van der Waals surface area contributed by atoms with Crippen molar-refractivity contribution in [3.8, 4) is 0 Å². The highest BCUT2D eigenvalue weighted by molar-refractivity contribution is 6.35. The quantitative estimate of drug-likeness (QED) is 0.166. The molecule has 1 atom stereocenters. The molecular formula is C39H39Cl2FN4O4. The minimum atomic E-state index is -1.10. The van der Waals surface area contributed by atoms with E-state index in [1.807, 2.05) is 60.7 Å². The lowest BCUT2D eigenvalue weighted by atomic mass is 9.88. The molecule has 1 fully saturated rings. The van der Waals surface area contributed by atoms with Crippen molar-refractivity contribution >= 4 is 46.8 Å². The highest BCUT2D eigenvalue weighted by Gasteiger charge is 2.41. The number of hydrogen-bond donors (Lipinski definition) is 1. The summed E-state index contributed by atoms with van der Waals surface area (Å²) in [6, 6.07) is 29.8. The molecule has 4 aromatic carbocycles. The third-order valence-corrected chi connectivity index (χ3v) is 9.59. The van der Waals surface area contributed by atoms with E-state index in [1.165, 1.54) is 26.8 Å². The van der Waals surface area contributed by atoms with Crippen LogP contribution in [0.3, 0.4) is 0 Å². The number of primary amides is 1. The van der Waals surface area contributed by atoms with Gasteiger partial charge in [0.25, 0.3) is 0 Å². The van der Waals surface area contributed by atoms with Gasteiger partial charge >= 0.3 is 0 Å². The first-order valence-corrected chi connectivity index (χ1v) is 17.3. The van der Waals surface area contributed by atoms with E-state index in [1.54, 1.807) is 30.3 Å². The van der Waals surface area contributed by atoms with Crippen molar-refractivity contribution in [1.29, 1.82) is 0 Å². The molecule has 4 aromatic rings. The minimum absolute atomic E-state index is 0.0659. The van der Waals surface area contributed by atoms with Gasteiger partial charge in [-0.2, -0.15) is 0 Å². The fraction of sp³-hybridized carbons (Fsp3) is 0.282. The summed E-state index contributed by atoms with van der Waals surface area (Å²) in [5, 5.41) is 0.944. The zero-order valence-electron chi connectivity index (χ0n) is 27.5. The van der Waals surface area contributed by atoms with Gasteiger partial charge in [0.15, 0.2) is 0 Å². The van der Waals surface area contributed by atoms with Crippen LogP contribution in [0.2, 0.25) is 10.0 Å². The van der Waals surface area contributed by atoms with Gasteiger partial charge in [-0.25, -0.2) is 4.39 Å². The average Bonchev–Trinajstić information content (AvgIpc) is 3.10. The Morgan fingerprint density at radius 2 is 1.50 bits per heavy atom. The Hall–Kier alpha value is -4.73. The fourth-order valence-electron chi connectivity index (χ4n) is 6.35. The molecule has 0 radical (unpaired) electrons. The number of amides is 4. The monoisotopic (exact) mass is 716 g/mol. The molecule has 1 unspecified atom stereocenters. The van der Waals surface area contributed by atoms with Crippen LogP contribution in [0.25, 0.3) is 0 Å². The van der Waals surface area contributed by atoms with E-state index >= 15 is 0 Å². The van der Waals surface area contributed by atoms with E-state index in [0.717, 1.165) is 22.3 Å². The number of benzene rings is 4. The predicted molar refractivity (Wildman–Crippen MR) is 192 cm³/mol. The number of nitrogens with zero attached hydrogens (tertiary/aromatic N) is 3. The van der Waals surface area contributed by atoms with Gasteiger partial charge in [-0.05, 0) is 65.8 Å². The molecule has 50 heavy (non-hydrogen) atoms. The summed E-state index contributed by atoms with van der Waals surface area (Å²) in [6.07, 6.45) is 0.893. The number of halogens is 3. The Balaban J connectivity index is 1.39. The van der Waals surface area contributed by atoms with Crippen LogP contribution in [0.4, 0.5) is 4.39 Å². The van der Waals surface area contributed by atoms with Gasteiger partial charge in [-0.15, -0.1) is 0 Å². The van der Waals surface area contributed by atoms with Crippen LogP contribution in [-0.2, 0) is 32.0 Å². The SMILES string of the molecule is NC(=O)CN(CCc1ccc(F)cc1)C(=O)CC1C(=O)N(CCc2ccc(Cl)cc2Cl)CC(=O)N1CCC(c1ccccc1)c1ccccc1. The molecule has 4 amide bonds. The molecule has 1 saturated heterocycles. The van der Waals surface area contributed by atoms with E-state index in [-0.39, 0.29) is 62.7 Å². The third-order valence-electron chi connectivity index (χ3n) is 9.00. The van der Waals surface area contributed by atoms with Crippen molar-refractivity contribution in [2.45, 2.75) is 37.6 Å². The number of nitrogens with two attached hydrogens (primary N) is 1. The number of carbonyl (C=O) groups is 4. The van der Waals surface area contributed by atoms with E-state index in [2.05, 4.69) is 0 Å². The lowest BCUT2D eigenvalue weighted by Gasteiger charge is -2.41. The maximum absolute atomic E-state index is 14.2. The third kappa shape index (κ3) is 9.70. The Morgan fingerprint density at radius 1 is 0.860 bits per heavy atom. The molecule has 0 aliphatic carbocycles. The first-order valence-electron chi connectivity index (χ1n) is 16.5. The standard InChI is InChI=1S/C39H39Cl2FN4O4/c40-31-14-13-30(34(41)23-31)18-21-45-26-38(49)46(22-19-33(28-7-3-1-4-8-28)29-9-5-2-6-10-29)35(39(45)50)24-37(48)44(25-36(43)47)20-17-27-11-15-32(42)16-12-27/h1-16,23,33,35H,17-22,24-26H2,(H2,43,47). The second-order valence-corrected chi connectivity index (χ2v) is 13.2. The minimum Gasteiger partial charge on any atom is -0.368 e. The fourth-order valence-corrected chi connectivity index (χ4v) is 6.85. The maximum atomic E-state index is 14.2. The van der Waals surface area contributed by atoms with Gasteiger partial charge in [-0.3, -0.25) is 19.2 Å². The molecule has 1 aliphatic rings. The maximum Gasteiger partial charge on any atom is 0.246 e. The molecular weight excluding hydrogens is 678 g/mol. The molecule has 0 saturated carbocycles. The van der Waals surface area contributed by atoms with E-state index in [0.29, 0.717) is 29.3 Å². The Labute approximate surface area is 301 Å². The number of hydrogen-bond acceptors (Lipinski definition) is 4. The molecule has 11 heteroatoms. The molecule has 260 valence electrons. The number of carbonyl (C=O) groups excluding carboxylic acids is 4. The van der Waals surface area contributed by atoms with Crippen molar-refractivity contribution in [3.63, 3.8) is 0 Å². The summed E-state index contributed by atoms with van der Waals surface area (Å²) in [7, 11) is 0. The molecule has 0 spiro atoms. The van der Waals surface area contributed by atoms with Crippen LogP contribution < -0.4 is 5.73 Å². The van der Waals surface area contributed by atoms with Crippen molar-refractivity contribution < 1.29 is 23.6 Å². The molecule has 0 bridgehead atoms. The summed E-state index contributed by atoms with van der Waals surface area (Å²) >= 11 is 12.5. The molecule has 2 N–H and O–H groups in total. The molecule has 1 aliphatic heterocycles. The highest BCUT2D eigenvalue weighted by atomic mass is 35.5. The summed E-state index contributed by atoms with van der Waals surface area (Å²) in [5.74, 6) is -2.30. The summed E-state index contributed by atoms with van der Waals surface area (Å²) < 4.78 is 13.5. The van der Waals surface area contributed by atoms with Gasteiger partial charge in [0.2, 0.25) is 23.6 Å². The van der Waals surface area contributed by atoms with Gasteiger partial charge in [0, 0.05) is 35.6 Å². The van der Waals surface area contributed by atoms with Crippen LogP contribution in [0.1, 0.15) is 41.0 Å². The summed E-state index contributed by atoms with van der Waals surface area (Å²) in [4.78, 5) is 58.3. The van der Waals surface area contributed by atoms with Crippen LogP contribution in [0.15, 0.2) is 103 Å². The van der Waals surface area contributed by atoms with Crippen LogP contribution in [-0.4, -0.2) is 77.1 Å². The second-order valence-electron chi connectivity index (χ2n) is 12.4. The van der Waals surface area contributed by atoms with E-state index in [9.17, 15) is 23.6 Å². The molecule has 8 nitrogen and oxygen atoms in total. The van der Waals surface area contributed by atoms with Crippen LogP contribution in [0, 0.1) is 5.82 Å². The van der Waals surface area contributed by atoms with Crippen molar-refractivity contribution in [1.82, 2.24) is 14.7 Å². The van der Waals surface area contributed by atoms with E-state index in [4.69, 9.17) is 28.9 Å². The zero-order chi connectivity index (χ0) is 35.6. The number of piperazine rings is 1. The van der Waals surface area contributed by atoms with Gasteiger partial charge < -0.3 is 20.4 Å². The van der Waals surface area contributed by atoms with Crippen molar-refractivity contribution in [3.05, 3.63) is 141 Å². The second kappa shape index (κ2) is 17.3. The smallest absolute Gasteiger partial charge is 0.246 e. The largest absolute Gasteiger partial charge is 0.368 e. The number of rotatable bonds is 15. The summed E-state index contributed by atoms with van der Waals surface area (Å²) in [5.41, 5.74) is 9.19. The summed E-state index contributed by atoms with van der Waals surface area (Å²) in [6.45, 7) is 0.0322. The Bertz CT molecular complexity index is 1750. The Morgan fingerprint density at radius 3 is 2.10 bits per heavy atom. The van der Waals surface area contributed by atoms with Crippen LogP contribution >= 0.6 is 23.2 Å². The predicted octanol–water partition coefficient (Wildman–Crippen LogP) is 5.88. The average molecular weight is 718 g/mol. The zero-order valence-corrected chi connectivity index (χ0v) is 29.0. The first kappa shape index (κ1) is 36.5. The van der Waals surface area contributed by atoms with Crippen LogP contribution in [0.5, 0.6) is 0 Å². The molecule has 1 heterocycles. The van der Waals surface area contributed by atoms with Crippen molar-refractivity contribution in [2.24, 2.45) is 5.73 Å². The Kier molecular flexibility index (Phi) is 12.6. The van der Waals surface area contributed by atoms with Gasteiger partial charge in [0.05, 0.1) is 19.5 Å².